The summed E-state index contributed by atoms with van der Waals surface area (Å²) in [4.78, 5) is 4.77. The normalized spacial score (nSPS) is 18.4. The minimum absolute atomic E-state index is 0.0440. The van der Waals surface area contributed by atoms with E-state index in [4.69, 9.17) is 10.5 Å². The maximum atomic E-state index is 13.0. The fourth-order valence-corrected chi connectivity index (χ4v) is 4.46. The fraction of sp³-hybridized carbons (Fsp3) is 0.538. The highest BCUT2D eigenvalue weighted by Crippen LogP contribution is 2.31. The van der Waals surface area contributed by atoms with Gasteiger partial charge in [-0.1, -0.05) is 44.2 Å². The van der Waals surface area contributed by atoms with Gasteiger partial charge < -0.3 is 20.5 Å². The van der Waals surface area contributed by atoms with Crippen molar-refractivity contribution in [2.45, 2.75) is 38.3 Å². The van der Waals surface area contributed by atoms with Crippen LogP contribution >= 0.6 is 0 Å². The summed E-state index contributed by atoms with van der Waals surface area (Å²) in [5.41, 5.74) is 7.77. The van der Waals surface area contributed by atoms with Crippen LogP contribution in [-0.2, 0) is 5.54 Å². The molecule has 2 atom stereocenters. The second kappa shape index (κ2) is 11.8. The minimum atomic E-state index is -0.303. The Bertz CT molecular complexity index is 794. The molecule has 1 fully saturated rings. The average Bonchev–Trinajstić information content (AvgIpc) is 2.82. The molecular weight excluding hydrogens is 405 g/mol. The lowest BCUT2D eigenvalue weighted by Gasteiger charge is -2.39. The lowest BCUT2D eigenvalue weighted by molar-refractivity contribution is 0.0404. The van der Waals surface area contributed by atoms with E-state index in [0.717, 1.165) is 45.6 Å². The van der Waals surface area contributed by atoms with Crippen molar-refractivity contribution in [3.8, 4) is 5.75 Å². The number of nitrogens with zero attached hydrogens (tertiary/aromatic N) is 2. The van der Waals surface area contributed by atoms with Crippen LogP contribution < -0.4 is 10.5 Å². The highest BCUT2D eigenvalue weighted by atomic mass is 19.1. The Balaban J connectivity index is 1.43. The Morgan fingerprint density at radius 1 is 1.03 bits per heavy atom. The number of piperazine rings is 1. The van der Waals surface area contributed by atoms with E-state index in [1.54, 1.807) is 12.1 Å². The molecule has 1 aliphatic heterocycles. The molecule has 0 radical (unpaired) electrons. The molecule has 3 N–H and O–H groups in total. The van der Waals surface area contributed by atoms with Crippen LogP contribution in [0.15, 0.2) is 54.6 Å². The van der Waals surface area contributed by atoms with Crippen LogP contribution in [-0.4, -0.2) is 66.9 Å². The van der Waals surface area contributed by atoms with Crippen molar-refractivity contribution in [3.05, 3.63) is 66.0 Å². The molecule has 176 valence electrons. The summed E-state index contributed by atoms with van der Waals surface area (Å²) in [6.07, 6.45) is 2.01. The highest BCUT2D eigenvalue weighted by Gasteiger charge is 2.31. The van der Waals surface area contributed by atoms with Crippen molar-refractivity contribution in [2.75, 3.05) is 45.9 Å². The molecule has 2 aromatic carbocycles. The van der Waals surface area contributed by atoms with Crippen LogP contribution in [0.1, 0.15) is 32.3 Å². The van der Waals surface area contributed by atoms with E-state index in [2.05, 4.69) is 47.9 Å². The summed E-state index contributed by atoms with van der Waals surface area (Å²) in [6, 6.07) is 16.4. The zero-order valence-corrected chi connectivity index (χ0v) is 19.4. The Kier molecular flexibility index (Phi) is 9.05. The largest absolute Gasteiger partial charge is 0.492 e. The van der Waals surface area contributed by atoms with Crippen molar-refractivity contribution >= 4 is 0 Å². The third kappa shape index (κ3) is 6.51. The number of nitrogens with two attached hydrogens (primary N) is 1. The molecule has 0 amide bonds. The predicted octanol–water partition coefficient (Wildman–Crippen LogP) is 3.47. The molecule has 2 aromatic rings. The fourth-order valence-electron chi connectivity index (χ4n) is 4.46. The highest BCUT2D eigenvalue weighted by molar-refractivity contribution is 5.24. The number of ether oxygens (including phenoxy) is 1. The van der Waals surface area contributed by atoms with E-state index in [1.165, 1.54) is 17.7 Å². The van der Waals surface area contributed by atoms with Crippen molar-refractivity contribution < 1.29 is 14.2 Å². The lowest BCUT2D eigenvalue weighted by Crippen LogP contribution is -2.53. The quantitative estimate of drug-likeness (QED) is 0.557. The number of aliphatic hydroxyl groups excluding tert-OH is 1. The van der Waals surface area contributed by atoms with Gasteiger partial charge in [0.2, 0.25) is 0 Å². The molecule has 3 rings (SSSR count). The number of hydrogen-bond donors (Lipinski definition) is 2. The van der Waals surface area contributed by atoms with Crippen LogP contribution in [0.2, 0.25) is 0 Å². The number of benzene rings is 2. The van der Waals surface area contributed by atoms with E-state index in [9.17, 15) is 9.50 Å². The summed E-state index contributed by atoms with van der Waals surface area (Å²) >= 11 is 0. The first-order valence-electron chi connectivity index (χ1n) is 11.7. The smallest absolute Gasteiger partial charge is 0.123 e. The molecule has 1 heterocycles. The van der Waals surface area contributed by atoms with Gasteiger partial charge in [0.15, 0.2) is 0 Å². The monoisotopic (exact) mass is 443 g/mol. The van der Waals surface area contributed by atoms with E-state index in [0.29, 0.717) is 18.3 Å². The number of rotatable bonds is 11. The predicted molar refractivity (Wildman–Crippen MR) is 127 cm³/mol. The van der Waals surface area contributed by atoms with Crippen LogP contribution in [0, 0.1) is 11.7 Å². The third-order valence-electron chi connectivity index (χ3n) is 6.80. The Morgan fingerprint density at radius 3 is 2.28 bits per heavy atom. The number of hydrogen-bond acceptors (Lipinski definition) is 5. The van der Waals surface area contributed by atoms with Gasteiger partial charge in [-0.3, -0.25) is 4.90 Å². The van der Waals surface area contributed by atoms with Crippen molar-refractivity contribution in [3.63, 3.8) is 0 Å². The van der Waals surface area contributed by atoms with Gasteiger partial charge >= 0.3 is 0 Å². The Hall–Kier alpha value is -1.99. The topological polar surface area (TPSA) is 62.0 Å². The van der Waals surface area contributed by atoms with Crippen LogP contribution in [0.3, 0.4) is 0 Å². The molecule has 0 bridgehead atoms. The zero-order valence-electron chi connectivity index (χ0n) is 19.4. The van der Waals surface area contributed by atoms with E-state index in [1.807, 2.05) is 6.07 Å². The molecule has 5 nitrogen and oxygen atoms in total. The van der Waals surface area contributed by atoms with Gasteiger partial charge in [0.25, 0.3) is 0 Å². The third-order valence-corrected chi connectivity index (χ3v) is 6.80. The van der Waals surface area contributed by atoms with Gasteiger partial charge in [-0.05, 0) is 55.1 Å². The molecule has 1 saturated heterocycles. The molecule has 0 saturated carbocycles. The summed E-state index contributed by atoms with van der Waals surface area (Å²) in [6.45, 7) is 9.61. The van der Waals surface area contributed by atoms with Gasteiger partial charge in [0.1, 0.15) is 18.2 Å². The number of aliphatic hydroxyl groups is 1. The van der Waals surface area contributed by atoms with Gasteiger partial charge in [0, 0.05) is 31.7 Å². The second-order valence-corrected chi connectivity index (χ2v) is 9.14. The molecule has 1 aliphatic rings. The first-order valence-corrected chi connectivity index (χ1v) is 11.7. The van der Waals surface area contributed by atoms with Crippen LogP contribution in [0.4, 0.5) is 4.39 Å². The molecular formula is C26H38FN3O2. The first kappa shape index (κ1) is 24.6. The van der Waals surface area contributed by atoms with Gasteiger partial charge in [-0.2, -0.15) is 0 Å². The summed E-state index contributed by atoms with van der Waals surface area (Å²) in [5, 5.41) is 9.85. The van der Waals surface area contributed by atoms with E-state index >= 15 is 0 Å². The molecule has 2 unspecified atom stereocenters. The zero-order chi connectivity index (χ0) is 23.0. The van der Waals surface area contributed by atoms with Gasteiger partial charge in [-0.15, -0.1) is 0 Å². The standard InChI is InChI=1S/C26H38FN3O2/c1-21(2)26(28,22-7-4-3-5-8-22)13-6-14-29-15-17-30(18-16-29)24(19-31)20-32-25-11-9-23(27)10-12-25/h3-5,7-12,21,24,31H,6,13-20,28H2,1-2H3. The minimum Gasteiger partial charge on any atom is -0.492 e. The van der Waals surface area contributed by atoms with Crippen molar-refractivity contribution in [2.24, 2.45) is 11.7 Å². The van der Waals surface area contributed by atoms with Gasteiger partial charge in [-0.25, -0.2) is 4.39 Å². The molecule has 6 heteroatoms. The van der Waals surface area contributed by atoms with Crippen molar-refractivity contribution in [1.82, 2.24) is 9.80 Å². The Labute approximate surface area is 192 Å². The molecule has 0 aliphatic carbocycles. The maximum Gasteiger partial charge on any atom is 0.123 e. The molecule has 0 aromatic heterocycles. The number of halogens is 1. The molecule has 0 spiro atoms. The Morgan fingerprint density at radius 2 is 1.69 bits per heavy atom. The summed E-state index contributed by atoms with van der Waals surface area (Å²) in [5.74, 6) is 0.710. The average molecular weight is 444 g/mol. The van der Waals surface area contributed by atoms with Crippen LogP contribution in [0.5, 0.6) is 5.75 Å². The first-order chi connectivity index (χ1) is 15.4. The summed E-state index contributed by atoms with van der Waals surface area (Å²) < 4.78 is 18.8. The second-order valence-electron chi connectivity index (χ2n) is 9.14. The van der Waals surface area contributed by atoms with E-state index < -0.39 is 0 Å². The lowest BCUT2D eigenvalue weighted by atomic mass is 9.77. The van der Waals surface area contributed by atoms with Crippen molar-refractivity contribution in [1.29, 1.82) is 0 Å². The molecule has 32 heavy (non-hydrogen) atoms. The van der Waals surface area contributed by atoms with Gasteiger partial charge in [0.05, 0.1) is 12.6 Å². The van der Waals surface area contributed by atoms with E-state index in [-0.39, 0.29) is 24.0 Å². The van der Waals surface area contributed by atoms with Crippen LogP contribution in [0.25, 0.3) is 0 Å². The SMILES string of the molecule is CC(C)C(N)(CCCN1CCN(C(CO)COc2ccc(F)cc2)CC1)c1ccccc1. The maximum absolute atomic E-state index is 13.0. The summed E-state index contributed by atoms with van der Waals surface area (Å²) in [7, 11) is 0.